The Bertz CT molecular complexity index is 773. The molecular weight excluding hydrogens is 302 g/mol. The van der Waals surface area contributed by atoms with Gasteiger partial charge in [0.1, 0.15) is 18.7 Å². The van der Waals surface area contributed by atoms with Gasteiger partial charge in [0.05, 0.1) is 5.57 Å². The van der Waals surface area contributed by atoms with Gasteiger partial charge in [0, 0.05) is 36.5 Å². The molecule has 0 radical (unpaired) electrons. The van der Waals surface area contributed by atoms with Gasteiger partial charge in [-0.3, -0.25) is 4.79 Å². The smallest absolute Gasteiger partial charge is 0.253 e. The largest absolute Gasteiger partial charge is 0.488 e. The summed E-state index contributed by atoms with van der Waals surface area (Å²) in [5.41, 5.74) is 2.70. The Morgan fingerprint density at radius 3 is 3.04 bits per heavy atom. The molecule has 122 valence electrons. The second-order valence-corrected chi connectivity index (χ2v) is 6.22. The van der Waals surface area contributed by atoms with Crippen LogP contribution < -0.4 is 4.74 Å². The first-order valence-electron chi connectivity index (χ1n) is 8.29. The number of hydrogen-bond donors (Lipinski definition) is 0. The summed E-state index contributed by atoms with van der Waals surface area (Å²) in [6, 6.07) is 9.74. The molecule has 0 spiro atoms. The lowest BCUT2D eigenvalue weighted by atomic mass is 9.94. The Kier molecular flexibility index (Phi) is 3.99. The minimum absolute atomic E-state index is 0.0725. The number of carbonyl (C=O) groups excluding carboxylic acids is 1. The van der Waals surface area contributed by atoms with E-state index in [0.29, 0.717) is 13.2 Å². The van der Waals surface area contributed by atoms with Crippen LogP contribution >= 0.6 is 0 Å². The van der Waals surface area contributed by atoms with E-state index in [1.54, 1.807) is 12.5 Å². The summed E-state index contributed by atoms with van der Waals surface area (Å²) in [6.45, 7) is 1.83. The van der Waals surface area contributed by atoms with Gasteiger partial charge in [0.2, 0.25) is 0 Å². The van der Waals surface area contributed by atoms with Gasteiger partial charge in [0.25, 0.3) is 5.91 Å². The fourth-order valence-electron chi connectivity index (χ4n) is 3.39. The average molecular weight is 321 g/mol. The molecule has 5 heteroatoms. The summed E-state index contributed by atoms with van der Waals surface area (Å²) >= 11 is 0. The molecule has 2 aromatic rings. The number of nitrogens with zero attached hydrogens (tertiary/aromatic N) is 3. The molecule has 0 saturated carbocycles. The molecule has 0 aliphatic carbocycles. The standard InChI is InChI=1S/C19H19N3O2/c23-19(16-10-14-4-1-2-6-18(14)24-12-16)22-9-3-5-15(11-22)17-7-8-20-13-21-17/h1-2,4,6-8,10,13,15H,3,5,9,11-12H2. The number of aromatic nitrogens is 2. The third kappa shape index (κ3) is 2.89. The van der Waals surface area contributed by atoms with Gasteiger partial charge >= 0.3 is 0 Å². The Morgan fingerprint density at radius 1 is 1.25 bits per heavy atom. The first-order chi connectivity index (χ1) is 11.8. The number of hydrogen-bond acceptors (Lipinski definition) is 4. The predicted octanol–water partition coefficient (Wildman–Crippen LogP) is 2.66. The van der Waals surface area contributed by atoms with Crippen molar-refractivity contribution in [2.75, 3.05) is 19.7 Å². The maximum atomic E-state index is 12.9. The summed E-state index contributed by atoms with van der Waals surface area (Å²) < 4.78 is 5.72. The van der Waals surface area contributed by atoms with Crippen LogP contribution in [0, 0.1) is 0 Å². The van der Waals surface area contributed by atoms with Crippen LogP contribution in [0.15, 0.2) is 48.4 Å². The maximum absolute atomic E-state index is 12.9. The monoisotopic (exact) mass is 321 g/mol. The summed E-state index contributed by atoms with van der Waals surface area (Å²) in [5.74, 6) is 1.19. The number of carbonyl (C=O) groups is 1. The summed E-state index contributed by atoms with van der Waals surface area (Å²) in [6.07, 6.45) is 7.34. The maximum Gasteiger partial charge on any atom is 0.253 e. The van der Waals surface area contributed by atoms with Crippen LogP contribution in [0.4, 0.5) is 0 Å². The van der Waals surface area contributed by atoms with Gasteiger partial charge in [0.15, 0.2) is 0 Å². The lowest BCUT2D eigenvalue weighted by Gasteiger charge is -2.33. The molecule has 4 rings (SSSR count). The molecule has 1 aromatic carbocycles. The van der Waals surface area contributed by atoms with Crippen LogP contribution in [-0.4, -0.2) is 40.5 Å². The Labute approximate surface area is 141 Å². The van der Waals surface area contributed by atoms with E-state index >= 15 is 0 Å². The second kappa shape index (κ2) is 6.43. The van der Waals surface area contributed by atoms with E-state index in [2.05, 4.69) is 9.97 Å². The van der Waals surface area contributed by atoms with E-state index in [1.807, 2.05) is 41.3 Å². The fourth-order valence-corrected chi connectivity index (χ4v) is 3.39. The number of piperidine rings is 1. The number of fused-ring (bicyclic) bond motifs is 1. The summed E-state index contributed by atoms with van der Waals surface area (Å²) in [4.78, 5) is 23.1. The zero-order valence-corrected chi connectivity index (χ0v) is 13.4. The van der Waals surface area contributed by atoms with Crippen LogP contribution in [0.2, 0.25) is 0 Å². The molecule has 2 aliphatic rings. The van der Waals surface area contributed by atoms with Gasteiger partial charge in [-0.1, -0.05) is 18.2 Å². The molecule has 3 heterocycles. The Hall–Kier alpha value is -2.69. The van der Waals surface area contributed by atoms with Gasteiger partial charge in [-0.25, -0.2) is 9.97 Å². The van der Waals surface area contributed by atoms with Crippen molar-refractivity contribution in [2.45, 2.75) is 18.8 Å². The van der Waals surface area contributed by atoms with Crippen LogP contribution in [0.25, 0.3) is 6.08 Å². The highest BCUT2D eigenvalue weighted by molar-refractivity contribution is 5.99. The highest BCUT2D eigenvalue weighted by Crippen LogP contribution is 2.29. The van der Waals surface area contributed by atoms with Gasteiger partial charge in [-0.2, -0.15) is 0 Å². The number of amides is 1. The lowest BCUT2D eigenvalue weighted by Crippen LogP contribution is -2.41. The number of ether oxygens (including phenoxy) is 1. The molecule has 24 heavy (non-hydrogen) atoms. The first kappa shape index (κ1) is 14.9. The molecule has 1 saturated heterocycles. The van der Waals surface area contributed by atoms with Crippen LogP contribution in [-0.2, 0) is 4.79 Å². The van der Waals surface area contributed by atoms with E-state index in [-0.39, 0.29) is 11.8 Å². The quantitative estimate of drug-likeness (QED) is 0.853. The molecule has 0 bridgehead atoms. The van der Waals surface area contributed by atoms with Crippen molar-refractivity contribution < 1.29 is 9.53 Å². The number of para-hydroxylation sites is 1. The van der Waals surface area contributed by atoms with E-state index in [9.17, 15) is 4.79 Å². The van der Waals surface area contributed by atoms with Crippen molar-refractivity contribution in [3.8, 4) is 5.75 Å². The lowest BCUT2D eigenvalue weighted by molar-refractivity contribution is -0.128. The molecule has 1 fully saturated rings. The summed E-state index contributed by atoms with van der Waals surface area (Å²) in [7, 11) is 0. The molecule has 1 aromatic heterocycles. The van der Waals surface area contributed by atoms with Crippen molar-refractivity contribution in [1.29, 1.82) is 0 Å². The van der Waals surface area contributed by atoms with Crippen molar-refractivity contribution in [2.24, 2.45) is 0 Å². The van der Waals surface area contributed by atoms with Crippen molar-refractivity contribution >= 4 is 12.0 Å². The molecule has 1 atom stereocenters. The normalized spacial score (nSPS) is 19.9. The zero-order valence-electron chi connectivity index (χ0n) is 13.4. The molecular formula is C19H19N3O2. The number of likely N-dealkylation sites (tertiary alicyclic amines) is 1. The fraction of sp³-hybridized carbons (Fsp3) is 0.316. The highest BCUT2D eigenvalue weighted by atomic mass is 16.5. The molecule has 2 aliphatic heterocycles. The third-order valence-corrected chi connectivity index (χ3v) is 4.64. The summed E-state index contributed by atoms with van der Waals surface area (Å²) in [5, 5.41) is 0. The SMILES string of the molecule is O=C(C1=Cc2ccccc2OC1)N1CCCC(c2ccncn2)C1. The molecule has 5 nitrogen and oxygen atoms in total. The topological polar surface area (TPSA) is 55.3 Å². The molecule has 1 amide bonds. The van der Waals surface area contributed by atoms with Crippen LogP contribution in [0.3, 0.4) is 0 Å². The van der Waals surface area contributed by atoms with E-state index in [0.717, 1.165) is 42.0 Å². The van der Waals surface area contributed by atoms with E-state index < -0.39 is 0 Å². The predicted molar refractivity (Wildman–Crippen MR) is 90.5 cm³/mol. The Balaban J connectivity index is 1.52. The zero-order chi connectivity index (χ0) is 16.4. The Morgan fingerprint density at radius 2 is 2.17 bits per heavy atom. The van der Waals surface area contributed by atoms with E-state index in [1.165, 1.54) is 0 Å². The molecule has 0 N–H and O–H groups in total. The van der Waals surface area contributed by atoms with Crippen LogP contribution in [0.1, 0.15) is 30.0 Å². The van der Waals surface area contributed by atoms with Crippen molar-refractivity contribution in [3.63, 3.8) is 0 Å². The van der Waals surface area contributed by atoms with E-state index in [4.69, 9.17) is 4.74 Å². The third-order valence-electron chi connectivity index (χ3n) is 4.64. The minimum Gasteiger partial charge on any atom is -0.488 e. The number of benzene rings is 1. The van der Waals surface area contributed by atoms with Crippen molar-refractivity contribution in [1.82, 2.24) is 14.9 Å². The van der Waals surface area contributed by atoms with Gasteiger partial charge < -0.3 is 9.64 Å². The van der Waals surface area contributed by atoms with Gasteiger partial charge in [-0.15, -0.1) is 0 Å². The highest BCUT2D eigenvalue weighted by Gasteiger charge is 2.28. The minimum atomic E-state index is 0.0725. The average Bonchev–Trinajstić information content (AvgIpc) is 2.68. The first-order valence-corrected chi connectivity index (χ1v) is 8.29. The number of rotatable bonds is 2. The van der Waals surface area contributed by atoms with Crippen molar-refractivity contribution in [3.05, 3.63) is 59.7 Å². The molecule has 1 unspecified atom stereocenters. The van der Waals surface area contributed by atoms with Gasteiger partial charge in [-0.05, 0) is 31.1 Å². The second-order valence-electron chi connectivity index (χ2n) is 6.22. The van der Waals surface area contributed by atoms with Crippen LogP contribution in [0.5, 0.6) is 5.75 Å².